The Balaban J connectivity index is 1.71. The van der Waals surface area contributed by atoms with Crippen molar-refractivity contribution in [1.29, 1.82) is 0 Å². The Hall–Kier alpha value is -0.980. The molecule has 0 radical (unpaired) electrons. The van der Waals surface area contributed by atoms with E-state index in [0.29, 0.717) is 12.3 Å². The first-order chi connectivity index (χ1) is 11.0. The molecule has 2 atom stereocenters. The van der Waals surface area contributed by atoms with Crippen LogP contribution in [0.15, 0.2) is 24.3 Å². The van der Waals surface area contributed by atoms with Crippen molar-refractivity contribution >= 4 is 10.0 Å². The van der Waals surface area contributed by atoms with E-state index in [1.165, 1.54) is 16.4 Å². The van der Waals surface area contributed by atoms with Gasteiger partial charge in [0, 0.05) is 13.7 Å². The van der Waals surface area contributed by atoms with Crippen molar-refractivity contribution < 1.29 is 17.5 Å². The number of hydrogen-bond donors (Lipinski definition) is 0. The van der Waals surface area contributed by atoms with E-state index in [1.54, 1.807) is 19.2 Å². The fraction of sp³-hybridized carbons (Fsp3) is 0.647. The molecule has 0 unspecified atom stereocenters. The predicted octanol–water partition coefficient (Wildman–Crippen LogP) is 3.11. The van der Waals surface area contributed by atoms with Gasteiger partial charge in [0.1, 0.15) is 5.82 Å². The summed E-state index contributed by atoms with van der Waals surface area (Å²) in [5, 5.41) is 0. The molecule has 1 aliphatic carbocycles. The van der Waals surface area contributed by atoms with Gasteiger partial charge in [0.25, 0.3) is 0 Å². The quantitative estimate of drug-likeness (QED) is 0.765. The number of sulfonamides is 1. The van der Waals surface area contributed by atoms with Gasteiger partial charge < -0.3 is 4.74 Å². The van der Waals surface area contributed by atoms with Crippen LogP contribution in [0.3, 0.4) is 0 Å². The maximum absolute atomic E-state index is 13.1. The summed E-state index contributed by atoms with van der Waals surface area (Å²) in [6.07, 6.45) is 4.63. The van der Waals surface area contributed by atoms with Gasteiger partial charge in [-0.25, -0.2) is 12.8 Å². The molecule has 1 saturated heterocycles. The molecule has 0 N–H and O–H groups in total. The first-order valence-electron chi connectivity index (χ1n) is 8.30. The molecule has 1 aliphatic heterocycles. The van der Waals surface area contributed by atoms with Crippen LogP contribution in [-0.4, -0.2) is 38.2 Å². The van der Waals surface area contributed by atoms with Gasteiger partial charge >= 0.3 is 0 Å². The van der Waals surface area contributed by atoms with E-state index in [1.807, 2.05) is 0 Å². The molecule has 2 fully saturated rings. The molecule has 0 spiro atoms. The molecular formula is C17H24FNO3S. The third-order valence-electron chi connectivity index (χ3n) is 4.83. The lowest BCUT2D eigenvalue weighted by Gasteiger charge is -2.28. The second kappa shape index (κ2) is 6.87. The molecule has 1 heterocycles. The maximum atomic E-state index is 13.1. The molecule has 128 valence electrons. The highest BCUT2D eigenvalue weighted by Crippen LogP contribution is 2.45. The number of hydrogen-bond acceptors (Lipinski definition) is 3. The number of halogens is 1. The lowest BCUT2D eigenvalue weighted by Crippen LogP contribution is -2.35. The highest BCUT2D eigenvalue weighted by Gasteiger charge is 2.39. The second-order valence-corrected chi connectivity index (χ2v) is 8.74. The molecule has 23 heavy (non-hydrogen) atoms. The number of ether oxygens (including phenoxy) is 1. The Bertz CT molecular complexity index is 622. The van der Waals surface area contributed by atoms with Crippen LogP contribution in [0, 0.1) is 11.7 Å². The van der Waals surface area contributed by atoms with Crippen molar-refractivity contribution in [2.24, 2.45) is 5.92 Å². The highest BCUT2D eigenvalue weighted by atomic mass is 32.2. The summed E-state index contributed by atoms with van der Waals surface area (Å²) in [6.45, 7) is 0.737. The van der Waals surface area contributed by atoms with Crippen LogP contribution in [0.4, 0.5) is 4.39 Å². The van der Waals surface area contributed by atoms with Gasteiger partial charge in [-0.05, 0) is 55.7 Å². The van der Waals surface area contributed by atoms with Gasteiger partial charge in [0.15, 0.2) is 0 Å². The minimum atomic E-state index is -3.35. The molecule has 2 aliphatic rings. The molecule has 1 aromatic rings. The molecule has 4 nitrogen and oxygen atoms in total. The smallest absolute Gasteiger partial charge is 0.214 e. The monoisotopic (exact) mass is 341 g/mol. The summed E-state index contributed by atoms with van der Waals surface area (Å²) in [5.41, 5.74) is 0.872. The standard InChI is InChI=1S/C17H24FNO3S/c1-19(23(20,21)12-10-16-3-2-11-22-16)17(13-4-5-13)14-6-8-15(18)9-7-14/h6-9,13,16-17H,2-5,10-12H2,1H3/t16-,17+/m1/s1. The molecular weight excluding hydrogens is 317 g/mol. The summed E-state index contributed by atoms with van der Waals surface area (Å²) in [6, 6.07) is 6.01. The van der Waals surface area contributed by atoms with Crippen LogP contribution in [0.25, 0.3) is 0 Å². The third-order valence-corrected chi connectivity index (χ3v) is 6.69. The van der Waals surface area contributed by atoms with Crippen molar-refractivity contribution in [2.75, 3.05) is 19.4 Å². The van der Waals surface area contributed by atoms with E-state index < -0.39 is 10.0 Å². The van der Waals surface area contributed by atoms with E-state index in [4.69, 9.17) is 4.74 Å². The summed E-state index contributed by atoms with van der Waals surface area (Å²) < 4.78 is 45.6. The van der Waals surface area contributed by atoms with Gasteiger partial charge in [0.2, 0.25) is 10.0 Å². The first-order valence-corrected chi connectivity index (χ1v) is 9.91. The lowest BCUT2D eigenvalue weighted by molar-refractivity contribution is 0.108. The molecule has 1 aromatic carbocycles. The van der Waals surface area contributed by atoms with Crippen LogP contribution in [0.5, 0.6) is 0 Å². The van der Waals surface area contributed by atoms with E-state index in [2.05, 4.69) is 0 Å². The van der Waals surface area contributed by atoms with Crippen LogP contribution in [0.2, 0.25) is 0 Å². The zero-order chi connectivity index (χ0) is 16.4. The zero-order valence-electron chi connectivity index (χ0n) is 13.4. The van der Waals surface area contributed by atoms with Crippen molar-refractivity contribution in [3.05, 3.63) is 35.6 Å². The Morgan fingerprint density at radius 1 is 1.26 bits per heavy atom. The number of nitrogens with zero attached hydrogens (tertiary/aromatic N) is 1. The van der Waals surface area contributed by atoms with Crippen LogP contribution in [0.1, 0.15) is 43.7 Å². The summed E-state index contributed by atoms with van der Waals surface area (Å²) in [5.74, 6) is 0.147. The zero-order valence-corrected chi connectivity index (χ0v) is 14.3. The predicted molar refractivity (Wildman–Crippen MR) is 87.0 cm³/mol. The summed E-state index contributed by atoms with van der Waals surface area (Å²) in [7, 11) is -1.70. The molecule has 1 saturated carbocycles. The van der Waals surface area contributed by atoms with Gasteiger partial charge in [0.05, 0.1) is 17.9 Å². The van der Waals surface area contributed by atoms with Crippen molar-refractivity contribution in [3.63, 3.8) is 0 Å². The summed E-state index contributed by atoms with van der Waals surface area (Å²) >= 11 is 0. The Morgan fingerprint density at radius 3 is 2.52 bits per heavy atom. The fourth-order valence-corrected chi connectivity index (χ4v) is 4.81. The molecule has 0 amide bonds. The average Bonchev–Trinajstić information content (AvgIpc) is 3.21. The van der Waals surface area contributed by atoms with Crippen molar-refractivity contribution in [2.45, 2.75) is 44.2 Å². The van der Waals surface area contributed by atoms with Crippen LogP contribution in [-0.2, 0) is 14.8 Å². The first kappa shape index (κ1) is 16.9. The van der Waals surface area contributed by atoms with E-state index in [0.717, 1.165) is 37.9 Å². The third kappa shape index (κ3) is 4.11. The summed E-state index contributed by atoms with van der Waals surface area (Å²) in [4.78, 5) is 0. The van der Waals surface area contributed by atoms with Gasteiger partial charge in [-0.1, -0.05) is 12.1 Å². The Morgan fingerprint density at radius 2 is 1.96 bits per heavy atom. The SMILES string of the molecule is CN([C@H](c1ccc(F)cc1)C1CC1)S(=O)(=O)CC[C@H]1CCCO1. The fourth-order valence-electron chi connectivity index (χ4n) is 3.32. The molecule has 6 heteroatoms. The van der Waals surface area contributed by atoms with E-state index >= 15 is 0 Å². The lowest BCUT2D eigenvalue weighted by atomic mass is 10.0. The molecule has 3 rings (SSSR count). The maximum Gasteiger partial charge on any atom is 0.214 e. The average molecular weight is 341 g/mol. The topological polar surface area (TPSA) is 46.6 Å². The number of benzene rings is 1. The minimum absolute atomic E-state index is 0.0726. The van der Waals surface area contributed by atoms with Crippen LogP contribution < -0.4 is 0 Å². The normalized spacial score (nSPS) is 23.3. The van der Waals surface area contributed by atoms with Crippen LogP contribution >= 0.6 is 0 Å². The largest absolute Gasteiger partial charge is 0.378 e. The Labute approximate surface area is 137 Å². The van der Waals surface area contributed by atoms with Crippen molar-refractivity contribution in [3.8, 4) is 0 Å². The van der Waals surface area contributed by atoms with Gasteiger partial charge in [-0.15, -0.1) is 0 Å². The number of rotatable bonds is 7. The van der Waals surface area contributed by atoms with E-state index in [-0.39, 0.29) is 23.7 Å². The molecule has 0 bridgehead atoms. The van der Waals surface area contributed by atoms with Gasteiger partial charge in [-0.2, -0.15) is 4.31 Å². The Kier molecular flexibility index (Phi) is 5.04. The van der Waals surface area contributed by atoms with Crippen molar-refractivity contribution in [1.82, 2.24) is 4.31 Å². The minimum Gasteiger partial charge on any atom is -0.378 e. The second-order valence-electron chi connectivity index (χ2n) is 6.59. The molecule has 0 aromatic heterocycles. The van der Waals surface area contributed by atoms with E-state index in [9.17, 15) is 12.8 Å². The highest BCUT2D eigenvalue weighted by molar-refractivity contribution is 7.89. The van der Waals surface area contributed by atoms with Gasteiger partial charge in [-0.3, -0.25) is 0 Å².